The number of aliphatic imine (C=N–C) groups is 3. The Hall–Kier alpha value is -5.55. The second kappa shape index (κ2) is 27.3. The zero-order valence-electron chi connectivity index (χ0n) is 50.5. The average Bonchev–Trinajstić information content (AvgIpc) is 1.89. The van der Waals surface area contributed by atoms with Crippen molar-refractivity contribution in [2.75, 3.05) is 0 Å². The number of halogens is 3. The van der Waals surface area contributed by atoms with Gasteiger partial charge in [0.2, 0.25) is 0 Å². The van der Waals surface area contributed by atoms with E-state index in [0.717, 1.165) is 122 Å². The van der Waals surface area contributed by atoms with E-state index in [-0.39, 0.29) is 16.7 Å². The first-order chi connectivity index (χ1) is 41.8. The number of benzene rings is 3. The van der Waals surface area contributed by atoms with Crippen LogP contribution >= 0.6 is 70.6 Å². The van der Waals surface area contributed by atoms with Gasteiger partial charge in [-0.1, -0.05) is 139 Å². The van der Waals surface area contributed by atoms with Gasteiger partial charge in [0.25, 0.3) is 0 Å². The van der Waals surface area contributed by atoms with Crippen molar-refractivity contribution < 1.29 is 13.2 Å². The van der Waals surface area contributed by atoms with Gasteiger partial charge in [0, 0.05) is 29.4 Å². The van der Waals surface area contributed by atoms with Gasteiger partial charge in [-0.05, 0) is 271 Å². The van der Waals surface area contributed by atoms with Crippen LogP contribution in [-0.4, -0.2) is 30.1 Å². The number of alkyl halides is 3. The van der Waals surface area contributed by atoms with Gasteiger partial charge in [-0.3, -0.25) is 0 Å². The van der Waals surface area contributed by atoms with Crippen molar-refractivity contribution in [3.8, 4) is 0 Å². The zero-order valence-corrected chi connectivity index (χ0v) is 55.4. The van der Waals surface area contributed by atoms with Gasteiger partial charge in [-0.2, -0.15) is 13.2 Å². The summed E-state index contributed by atoms with van der Waals surface area (Å²) in [5.74, 6) is 0.550. The smallest absolute Gasteiger partial charge is 0.250 e. The lowest BCUT2D eigenvalue weighted by Crippen LogP contribution is -2.26. The van der Waals surface area contributed by atoms with Crippen molar-refractivity contribution in [1.82, 2.24) is 15.0 Å². The van der Waals surface area contributed by atoms with Gasteiger partial charge in [-0.15, -0.1) is 0 Å². The molecular weight excluding hydrogens is 1200 g/mol. The third kappa shape index (κ3) is 15.0. The molecule has 6 heterocycles. The molecule has 0 radical (unpaired) electrons. The minimum absolute atomic E-state index is 0.0876. The standard InChI is InChI=1S/C72H73F3N6S6/c1-44-15-21-62(81-68-55(42-83-65-33-45(2)24-30-77-65)39-70(51(8)85-68)26-11-12-27-70)54(32-44)37-53-23-28-71(38-53)40-56(41-82-64-14-10-13-29-76-64)67(86-52(71)9)80-61-22-16-47(4)59(50(61)7)35-49(6)63-36-48(5)60(43-84-66-34-46(3)25-31-78-66)69(87-63)79-58-19-17-57(18-20-58)72(73,74)75/h10,13-22,24-25,29-34,41-43,48,53H,8-9,11-12,23,26-28,35-40H2,1-7H3/b55-42+,56-41+,60-43+,63-49+,79-69-,80-67-,81-68-. The minimum Gasteiger partial charge on any atom is -0.250 e. The van der Waals surface area contributed by atoms with E-state index >= 15 is 0 Å². The molecule has 2 spiro atoms. The van der Waals surface area contributed by atoms with E-state index in [9.17, 15) is 13.2 Å². The molecule has 11 rings (SSSR count). The third-order valence-electron chi connectivity index (χ3n) is 17.7. The van der Waals surface area contributed by atoms with Crippen LogP contribution in [0, 0.1) is 57.3 Å². The summed E-state index contributed by atoms with van der Waals surface area (Å²) >= 11 is 10.1. The van der Waals surface area contributed by atoms with E-state index in [1.807, 2.05) is 55.8 Å². The fourth-order valence-corrected chi connectivity index (χ4v) is 19.0. The number of aromatic nitrogens is 3. The Morgan fingerprint density at radius 3 is 1.92 bits per heavy atom. The molecule has 0 bridgehead atoms. The molecule has 3 aromatic heterocycles. The molecule has 2 saturated carbocycles. The molecular formula is C72H73F3N6S6. The first-order valence-corrected chi connectivity index (χ1v) is 35.0. The molecule has 0 amide bonds. The van der Waals surface area contributed by atoms with E-state index in [1.54, 1.807) is 70.6 Å². The predicted octanol–water partition coefficient (Wildman–Crippen LogP) is 22.7. The summed E-state index contributed by atoms with van der Waals surface area (Å²) < 4.78 is 40.8. The molecule has 3 atom stereocenters. The number of thioether (sulfide) groups is 6. The van der Waals surface area contributed by atoms with Gasteiger partial charge < -0.3 is 0 Å². The van der Waals surface area contributed by atoms with Crippen molar-refractivity contribution in [3.63, 3.8) is 0 Å². The maximum absolute atomic E-state index is 13.6. The van der Waals surface area contributed by atoms with Crippen LogP contribution in [0.3, 0.4) is 0 Å². The molecule has 6 aromatic rings. The van der Waals surface area contributed by atoms with Gasteiger partial charge in [0.05, 0.1) is 22.6 Å². The first kappa shape index (κ1) is 63.0. The molecule has 6 nitrogen and oxygen atoms in total. The lowest BCUT2D eigenvalue weighted by Gasteiger charge is -2.37. The summed E-state index contributed by atoms with van der Waals surface area (Å²) in [6.07, 6.45) is 13.5. The molecule has 87 heavy (non-hydrogen) atoms. The predicted molar refractivity (Wildman–Crippen MR) is 369 cm³/mol. The summed E-state index contributed by atoms with van der Waals surface area (Å²) in [6, 6.07) is 30.6. The van der Waals surface area contributed by atoms with Crippen molar-refractivity contribution in [1.29, 1.82) is 0 Å². The third-order valence-corrected chi connectivity index (χ3v) is 24.0. The second-order valence-electron chi connectivity index (χ2n) is 24.2. The number of pyridine rings is 3. The summed E-state index contributed by atoms with van der Waals surface area (Å²) in [6.45, 7) is 24.7. The maximum Gasteiger partial charge on any atom is 0.416 e. The van der Waals surface area contributed by atoms with Gasteiger partial charge >= 0.3 is 6.18 Å². The van der Waals surface area contributed by atoms with Gasteiger partial charge in [-0.25, -0.2) is 29.9 Å². The quantitative estimate of drug-likeness (QED) is 0.105. The minimum atomic E-state index is -4.43. The molecule has 3 aliphatic heterocycles. The Morgan fingerprint density at radius 2 is 1.26 bits per heavy atom. The number of hydrogen-bond acceptors (Lipinski definition) is 12. The first-order valence-electron chi connectivity index (χ1n) is 29.9. The van der Waals surface area contributed by atoms with Crippen LogP contribution in [0.4, 0.5) is 30.2 Å². The van der Waals surface area contributed by atoms with Gasteiger partial charge in [0.15, 0.2) is 0 Å². The number of hydrogen-bond donors (Lipinski definition) is 0. The fraction of sp³-hybridized carbons (Fsp3) is 0.333. The molecule has 3 unspecified atom stereocenters. The van der Waals surface area contributed by atoms with Crippen molar-refractivity contribution >= 4 is 103 Å². The van der Waals surface area contributed by atoms with E-state index in [0.29, 0.717) is 11.6 Å². The highest BCUT2D eigenvalue weighted by atomic mass is 32.2. The number of rotatable bonds is 13. The topological polar surface area (TPSA) is 75.8 Å². The van der Waals surface area contributed by atoms with E-state index in [2.05, 4.69) is 110 Å². The monoisotopic (exact) mass is 1270 g/mol. The SMILES string of the molecule is C=C1SC(=N\c2ccc(C)cc2CC2CCC3(CC(=C\Sc4ccccn4)/C(=N/c4ccc(C)c(C/C(C)=C5\CC(C)C(=C\Sc6cc(C)ccn6)/C(=N/c6ccc(C(F)(F)F)cc6)S5)c4C)SC3=C)C2)/C(=C/Sc2cc(C)ccn2)CC12CCCC2. The summed E-state index contributed by atoms with van der Waals surface area (Å²) in [5.41, 5.74) is 15.0. The lowest BCUT2D eigenvalue weighted by atomic mass is 9.78. The molecule has 2 aliphatic carbocycles. The summed E-state index contributed by atoms with van der Waals surface area (Å²) in [4.78, 5) is 33.8. The highest BCUT2D eigenvalue weighted by Crippen LogP contribution is 2.60. The van der Waals surface area contributed by atoms with E-state index in [4.69, 9.17) is 33.1 Å². The highest BCUT2D eigenvalue weighted by Gasteiger charge is 2.47. The molecule has 5 aliphatic rings. The van der Waals surface area contributed by atoms with Crippen LogP contribution in [0.2, 0.25) is 0 Å². The van der Waals surface area contributed by atoms with Crippen LogP contribution in [-0.2, 0) is 19.0 Å². The molecule has 5 fully saturated rings. The van der Waals surface area contributed by atoms with Crippen molar-refractivity contribution in [3.05, 3.63) is 227 Å². The highest BCUT2D eigenvalue weighted by molar-refractivity contribution is 8.18. The molecule has 0 N–H and O–H groups in total. The Bertz CT molecular complexity index is 3850. The van der Waals surface area contributed by atoms with Crippen LogP contribution < -0.4 is 0 Å². The Balaban J connectivity index is 0.852. The van der Waals surface area contributed by atoms with Crippen molar-refractivity contribution in [2.24, 2.45) is 37.6 Å². The van der Waals surface area contributed by atoms with Crippen LogP contribution in [0.15, 0.2) is 212 Å². The van der Waals surface area contributed by atoms with Crippen LogP contribution in [0.25, 0.3) is 0 Å². The fourth-order valence-electron chi connectivity index (χ4n) is 12.6. The molecule has 448 valence electrons. The Morgan fingerprint density at radius 1 is 0.655 bits per heavy atom. The lowest BCUT2D eigenvalue weighted by molar-refractivity contribution is -0.137. The van der Waals surface area contributed by atoms with Crippen LogP contribution in [0.1, 0.15) is 123 Å². The number of nitrogens with zero attached hydrogens (tertiary/aromatic N) is 6. The van der Waals surface area contributed by atoms with Crippen LogP contribution in [0.5, 0.6) is 0 Å². The normalized spacial score (nSPS) is 24.1. The zero-order chi connectivity index (χ0) is 61.0. The molecule has 3 aromatic carbocycles. The molecule has 15 heteroatoms. The average molecular weight is 1270 g/mol. The maximum atomic E-state index is 13.6. The number of aryl methyl sites for hydroxylation is 4. The van der Waals surface area contributed by atoms with Gasteiger partial charge in [0.1, 0.15) is 30.2 Å². The second-order valence-corrected chi connectivity index (χ2v) is 30.1. The summed E-state index contributed by atoms with van der Waals surface area (Å²) in [5, 5.41) is 12.4. The van der Waals surface area contributed by atoms with Crippen molar-refractivity contribution in [2.45, 2.75) is 147 Å². The largest absolute Gasteiger partial charge is 0.416 e. The Kier molecular flexibility index (Phi) is 19.8. The molecule has 3 saturated heterocycles. The van der Waals surface area contributed by atoms with E-state index < -0.39 is 11.7 Å². The number of allylic oxidation sites excluding steroid dienone is 4. The Labute approximate surface area is 537 Å². The summed E-state index contributed by atoms with van der Waals surface area (Å²) in [7, 11) is 0. The van der Waals surface area contributed by atoms with E-state index in [1.165, 1.54) is 97.1 Å².